The van der Waals surface area contributed by atoms with Crippen molar-refractivity contribution < 1.29 is 41.4 Å². The third kappa shape index (κ3) is 8.84. The summed E-state index contributed by atoms with van der Waals surface area (Å²) in [6, 6.07) is 13.5. The van der Waals surface area contributed by atoms with E-state index in [1.165, 1.54) is 48.7 Å². The van der Waals surface area contributed by atoms with Gasteiger partial charge in [0.25, 0.3) is 5.91 Å². The first-order chi connectivity index (χ1) is 18.5. The number of nitrogens with one attached hydrogen (secondary N) is 3. The number of carbonyl (C=O) groups excluding carboxylic acids is 3. The molecule has 0 fully saturated rings. The average molecular weight is 546 g/mol. The van der Waals surface area contributed by atoms with Crippen LogP contribution in [-0.4, -0.2) is 37.1 Å². The van der Waals surface area contributed by atoms with Crippen LogP contribution in [0.5, 0.6) is 11.5 Å². The summed E-state index contributed by atoms with van der Waals surface area (Å²) in [5.74, 6) is -2.86. The molecule has 0 unspecified atom stereocenters. The highest BCUT2D eigenvalue weighted by molar-refractivity contribution is 6.39. The van der Waals surface area contributed by atoms with E-state index in [1.54, 1.807) is 6.92 Å². The van der Waals surface area contributed by atoms with Crippen molar-refractivity contribution in [2.75, 3.05) is 23.8 Å². The van der Waals surface area contributed by atoms with Crippen molar-refractivity contribution in [3.8, 4) is 11.5 Å². The van der Waals surface area contributed by atoms with E-state index in [9.17, 15) is 31.9 Å². The highest BCUT2D eigenvalue weighted by Crippen LogP contribution is 2.31. The van der Waals surface area contributed by atoms with Gasteiger partial charge in [0, 0.05) is 11.4 Å². The van der Waals surface area contributed by atoms with Gasteiger partial charge in [-0.2, -0.15) is 18.3 Å². The van der Waals surface area contributed by atoms with E-state index in [0.29, 0.717) is 5.56 Å². The van der Waals surface area contributed by atoms with Crippen molar-refractivity contribution >= 4 is 35.3 Å². The Morgan fingerprint density at radius 1 is 0.872 bits per heavy atom. The molecule has 39 heavy (non-hydrogen) atoms. The second kappa shape index (κ2) is 13.0. The summed E-state index contributed by atoms with van der Waals surface area (Å²) in [5, 5.41) is 8.33. The number of rotatable bonds is 9. The van der Waals surface area contributed by atoms with Crippen molar-refractivity contribution in [1.29, 1.82) is 0 Å². The third-order valence-electron chi connectivity index (χ3n) is 4.79. The fourth-order valence-electron chi connectivity index (χ4n) is 3.04. The number of ether oxygens (including phenoxy) is 2. The van der Waals surface area contributed by atoms with Crippen LogP contribution in [-0.2, 0) is 20.6 Å². The molecule has 0 radical (unpaired) electrons. The Labute approximate surface area is 219 Å². The molecule has 0 aliphatic carbocycles. The molecule has 0 saturated heterocycles. The van der Waals surface area contributed by atoms with Crippen LogP contribution < -0.4 is 25.5 Å². The first-order valence-corrected chi connectivity index (χ1v) is 11.3. The van der Waals surface area contributed by atoms with Gasteiger partial charge in [0.15, 0.2) is 18.1 Å². The first-order valence-electron chi connectivity index (χ1n) is 11.3. The van der Waals surface area contributed by atoms with Crippen LogP contribution in [0.15, 0.2) is 71.8 Å². The number of benzene rings is 3. The molecule has 0 saturated carbocycles. The van der Waals surface area contributed by atoms with Crippen LogP contribution in [0.2, 0.25) is 0 Å². The highest BCUT2D eigenvalue weighted by atomic mass is 19.4. The maximum atomic E-state index is 12.9. The zero-order chi connectivity index (χ0) is 28.4. The van der Waals surface area contributed by atoms with Crippen LogP contribution in [0, 0.1) is 5.82 Å². The van der Waals surface area contributed by atoms with E-state index in [-0.39, 0.29) is 29.5 Å². The smallest absolute Gasteiger partial charge is 0.416 e. The lowest BCUT2D eigenvalue weighted by atomic mass is 10.2. The zero-order valence-corrected chi connectivity index (χ0v) is 20.3. The lowest BCUT2D eigenvalue weighted by Gasteiger charge is -2.13. The maximum absolute atomic E-state index is 12.9. The third-order valence-corrected chi connectivity index (χ3v) is 4.79. The molecule has 0 atom stereocenters. The molecule has 3 rings (SSSR count). The SMILES string of the molecule is CCOc1cc(/C=N\NC(=O)C(=O)Nc2ccc(F)cc2)ccc1OCC(=O)Nc1cccc(C(F)(F)F)c1. The number of nitrogens with zero attached hydrogens (tertiary/aromatic N) is 1. The van der Waals surface area contributed by atoms with Crippen LogP contribution >= 0.6 is 0 Å². The maximum Gasteiger partial charge on any atom is 0.416 e. The van der Waals surface area contributed by atoms with Crippen molar-refractivity contribution in [1.82, 2.24) is 5.43 Å². The minimum absolute atomic E-state index is 0.0385. The highest BCUT2D eigenvalue weighted by Gasteiger charge is 2.30. The van der Waals surface area contributed by atoms with E-state index in [2.05, 4.69) is 21.2 Å². The van der Waals surface area contributed by atoms with Gasteiger partial charge in [0.2, 0.25) is 0 Å². The molecule has 0 bridgehead atoms. The minimum Gasteiger partial charge on any atom is -0.490 e. The summed E-state index contributed by atoms with van der Waals surface area (Å²) >= 11 is 0. The van der Waals surface area contributed by atoms with Gasteiger partial charge in [-0.3, -0.25) is 14.4 Å². The molecule has 0 aliphatic rings. The van der Waals surface area contributed by atoms with Crippen LogP contribution in [0.4, 0.5) is 28.9 Å². The van der Waals surface area contributed by atoms with Gasteiger partial charge in [-0.15, -0.1) is 0 Å². The average Bonchev–Trinajstić information content (AvgIpc) is 2.89. The van der Waals surface area contributed by atoms with E-state index < -0.39 is 41.9 Å². The first kappa shape index (κ1) is 28.6. The standard InChI is InChI=1S/C26H22F4N4O5/c1-2-38-22-12-16(14-31-34-25(37)24(36)33-19-9-7-18(27)8-10-19)6-11-21(22)39-15-23(35)32-20-5-3-4-17(13-20)26(28,29)30/h3-14H,2,15H2,1H3,(H,32,35)(H,33,36)(H,34,37)/b31-14-. The predicted octanol–water partition coefficient (Wildman–Crippen LogP) is 4.35. The molecule has 0 heterocycles. The van der Waals surface area contributed by atoms with Crippen molar-refractivity contribution in [2.45, 2.75) is 13.1 Å². The summed E-state index contributed by atoms with van der Waals surface area (Å²) < 4.78 is 62.5. The largest absolute Gasteiger partial charge is 0.490 e. The Morgan fingerprint density at radius 3 is 2.31 bits per heavy atom. The fraction of sp³-hybridized carbons (Fsp3) is 0.154. The second-order valence-electron chi connectivity index (χ2n) is 7.71. The summed E-state index contributed by atoms with van der Waals surface area (Å²) in [6.07, 6.45) is -3.32. The quantitative estimate of drug-likeness (QED) is 0.160. The Hall–Kier alpha value is -4.94. The molecule has 3 aromatic carbocycles. The van der Waals surface area contributed by atoms with E-state index >= 15 is 0 Å². The summed E-state index contributed by atoms with van der Waals surface area (Å²) in [7, 11) is 0. The molecule has 3 aromatic rings. The van der Waals surface area contributed by atoms with E-state index in [1.807, 2.05) is 0 Å². The molecule has 13 heteroatoms. The second-order valence-corrected chi connectivity index (χ2v) is 7.71. The summed E-state index contributed by atoms with van der Waals surface area (Å²) in [6.45, 7) is 1.45. The predicted molar refractivity (Wildman–Crippen MR) is 134 cm³/mol. The lowest BCUT2D eigenvalue weighted by molar-refractivity contribution is -0.137. The van der Waals surface area contributed by atoms with Crippen LogP contribution in [0.3, 0.4) is 0 Å². The number of carbonyl (C=O) groups is 3. The normalized spacial score (nSPS) is 11.1. The zero-order valence-electron chi connectivity index (χ0n) is 20.3. The topological polar surface area (TPSA) is 118 Å². The van der Waals surface area contributed by atoms with Gasteiger partial charge < -0.3 is 20.1 Å². The Bertz CT molecular complexity index is 1360. The minimum atomic E-state index is -4.55. The molecule has 3 amide bonds. The number of halogens is 4. The lowest BCUT2D eigenvalue weighted by Crippen LogP contribution is -2.32. The monoisotopic (exact) mass is 546 g/mol. The van der Waals surface area contributed by atoms with Crippen LogP contribution in [0.1, 0.15) is 18.1 Å². The van der Waals surface area contributed by atoms with Crippen molar-refractivity contribution in [3.05, 3.63) is 83.7 Å². The molecule has 0 aromatic heterocycles. The Balaban J connectivity index is 1.56. The van der Waals surface area contributed by atoms with Gasteiger partial charge in [-0.05, 0) is 73.2 Å². The van der Waals surface area contributed by atoms with Gasteiger partial charge in [-0.1, -0.05) is 6.07 Å². The molecule has 0 spiro atoms. The van der Waals surface area contributed by atoms with Crippen LogP contribution in [0.25, 0.3) is 0 Å². The molecule has 204 valence electrons. The molecular weight excluding hydrogens is 524 g/mol. The molecule has 3 N–H and O–H groups in total. The Kier molecular flexibility index (Phi) is 9.57. The number of hydrogen-bond donors (Lipinski definition) is 3. The molecular formula is C26H22F4N4O5. The van der Waals surface area contributed by atoms with Gasteiger partial charge in [-0.25, -0.2) is 9.82 Å². The number of hydrogen-bond acceptors (Lipinski definition) is 6. The fourth-order valence-corrected chi connectivity index (χ4v) is 3.04. The van der Waals surface area contributed by atoms with Crippen molar-refractivity contribution in [2.24, 2.45) is 5.10 Å². The van der Waals surface area contributed by atoms with Gasteiger partial charge >= 0.3 is 18.0 Å². The number of hydrazone groups is 1. The van der Waals surface area contributed by atoms with E-state index in [0.717, 1.165) is 24.3 Å². The van der Waals surface area contributed by atoms with E-state index in [4.69, 9.17) is 9.47 Å². The van der Waals surface area contributed by atoms with Crippen molar-refractivity contribution in [3.63, 3.8) is 0 Å². The number of anilines is 2. The molecule has 0 aliphatic heterocycles. The van der Waals surface area contributed by atoms with Gasteiger partial charge in [0.1, 0.15) is 5.82 Å². The number of alkyl halides is 3. The summed E-state index contributed by atoms with van der Waals surface area (Å²) in [5.41, 5.74) is 1.78. The number of amides is 3. The molecule has 9 nitrogen and oxygen atoms in total. The Morgan fingerprint density at radius 2 is 1.62 bits per heavy atom. The van der Waals surface area contributed by atoms with Gasteiger partial charge in [0.05, 0.1) is 18.4 Å². The summed E-state index contributed by atoms with van der Waals surface area (Å²) in [4.78, 5) is 36.0.